The maximum atomic E-state index is 13.6. The van der Waals surface area contributed by atoms with Gasteiger partial charge < -0.3 is 24.6 Å². The van der Waals surface area contributed by atoms with Gasteiger partial charge in [0.15, 0.2) is 11.5 Å². The highest BCUT2D eigenvalue weighted by Gasteiger charge is 2.42. The van der Waals surface area contributed by atoms with E-state index in [1.165, 1.54) is 0 Å². The number of hydrogen-bond donors (Lipinski definition) is 1. The van der Waals surface area contributed by atoms with E-state index < -0.39 is 0 Å². The number of piperazine rings is 1. The SMILES string of the molecule is COc1ccc(CCNC(=O)[C@H]2Cc3cc([N+](=O)[O-])ccc3N3CCN(c4ccccc4Cl)C[C@@H]23)cc1OC. The monoisotopic (exact) mass is 550 g/mol. The van der Waals surface area contributed by atoms with Crippen molar-refractivity contribution in [1.29, 1.82) is 0 Å². The van der Waals surface area contributed by atoms with Gasteiger partial charge in [0, 0.05) is 44.0 Å². The molecule has 3 aromatic rings. The summed E-state index contributed by atoms with van der Waals surface area (Å²) >= 11 is 6.51. The van der Waals surface area contributed by atoms with Crippen molar-refractivity contribution in [2.45, 2.75) is 18.9 Å². The van der Waals surface area contributed by atoms with Gasteiger partial charge in [0.25, 0.3) is 5.69 Å². The maximum Gasteiger partial charge on any atom is 0.269 e. The van der Waals surface area contributed by atoms with E-state index in [-0.39, 0.29) is 28.5 Å². The molecule has 1 saturated heterocycles. The average molecular weight is 551 g/mol. The number of ether oxygens (including phenoxy) is 2. The second-order valence-electron chi connectivity index (χ2n) is 9.77. The number of non-ortho nitro benzene ring substituents is 1. The molecule has 1 amide bonds. The number of halogens is 1. The minimum atomic E-state index is -0.389. The second kappa shape index (κ2) is 11.4. The summed E-state index contributed by atoms with van der Waals surface area (Å²) in [7, 11) is 3.19. The molecule has 0 spiro atoms. The van der Waals surface area contributed by atoms with E-state index in [0.29, 0.717) is 49.0 Å². The molecule has 9 nitrogen and oxygen atoms in total. The van der Waals surface area contributed by atoms with Crippen LogP contribution in [0, 0.1) is 16.0 Å². The minimum absolute atomic E-state index is 0.0366. The van der Waals surface area contributed by atoms with Crippen LogP contribution in [-0.4, -0.2) is 57.3 Å². The largest absolute Gasteiger partial charge is 0.493 e. The topological polar surface area (TPSA) is 97.2 Å². The van der Waals surface area contributed by atoms with Gasteiger partial charge in [0.2, 0.25) is 5.91 Å². The third-order valence-corrected chi connectivity index (χ3v) is 7.92. The first-order chi connectivity index (χ1) is 18.9. The number of methoxy groups -OCH3 is 2. The maximum absolute atomic E-state index is 13.6. The van der Waals surface area contributed by atoms with Gasteiger partial charge in [-0.15, -0.1) is 0 Å². The molecule has 0 aromatic heterocycles. The molecule has 0 saturated carbocycles. The van der Waals surface area contributed by atoms with E-state index in [0.717, 1.165) is 29.0 Å². The van der Waals surface area contributed by atoms with Gasteiger partial charge in [-0.05, 0) is 54.3 Å². The zero-order valence-electron chi connectivity index (χ0n) is 21.9. The Labute approximate surface area is 232 Å². The van der Waals surface area contributed by atoms with E-state index in [9.17, 15) is 14.9 Å². The molecule has 2 atom stereocenters. The van der Waals surface area contributed by atoms with Gasteiger partial charge in [0.1, 0.15) is 0 Å². The molecule has 3 aromatic carbocycles. The molecule has 0 radical (unpaired) electrons. The first kappa shape index (κ1) is 26.6. The molecule has 0 unspecified atom stereocenters. The summed E-state index contributed by atoms with van der Waals surface area (Å²) in [5.74, 6) is 0.851. The fourth-order valence-electron chi connectivity index (χ4n) is 5.65. The van der Waals surface area contributed by atoms with Gasteiger partial charge in [0.05, 0.1) is 41.8 Å². The number of rotatable bonds is 8. The number of carbonyl (C=O) groups excluding carboxylic acids is 1. The number of anilines is 2. The van der Waals surface area contributed by atoms with Gasteiger partial charge in [-0.3, -0.25) is 14.9 Å². The lowest BCUT2D eigenvalue weighted by Gasteiger charge is -2.49. The van der Waals surface area contributed by atoms with Crippen molar-refractivity contribution < 1.29 is 19.2 Å². The standard InChI is InChI=1S/C29H31ClN4O5/c1-38-27-10-7-19(15-28(27)39-2)11-12-31-29(35)22-17-20-16-21(34(36)37)8-9-24(20)33-14-13-32(18-26(22)33)25-6-4-3-5-23(25)30/h3-10,15-16,22,26H,11-14,17-18H2,1-2H3,(H,31,35)/t22-,26-/m0/s1. The first-order valence-electron chi connectivity index (χ1n) is 12.9. The van der Waals surface area contributed by atoms with Crippen LogP contribution >= 0.6 is 11.6 Å². The van der Waals surface area contributed by atoms with Crippen LogP contribution in [0.5, 0.6) is 11.5 Å². The van der Waals surface area contributed by atoms with E-state index in [2.05, 4.69) is 15.1 Å². The lowest BCUT2D eigenvalue weighted by molar-refractivity contribution is -0.384. The summed E-state index contributed by atoms with van der Waals surface area (Å²) in [6, 6.07) is 18.3. The number of nitrogens with one attached hydrogen (secondary N) is 1. The van der Waals surface area contributed by atoms with Gasteiger partial charge in [-0.25, -0.2) is 0 Å². The predicted octanol–water partition coefficient (Wildman–Crippen LogP) is 4.49. The molecular weight excluding hydrogens is 520 g/mol. The van der Waals surface area contributed by atoms with E-state index >= 15 is 0 Å². The molecule has 5 rings (SSSR count). The number of hydrogen-bond acceptors (Lipinski definition) is 7. The Kier molecular flexibility index (Phi) is 7.79. The van der Waals surface area contributed by atoms with Crippen LogP contribution in [0.4, 0.5) is 17.1 Å². The van der Waals surface area contributed by atoms with Crippen LogP contribution in [0.15, 0.2) is 60.7 Å². The van der Waals surface area contributed by atoms with Crippen LogP contribution in [0.2, 0.25) is 5.02 Å². The van der Waals surface area contributed by atoms with Crippen molar-refractivity contribution in [2.24, 2.45) is 5.92 Å². The molecular formula is C29H31ClN4O5. The Bertz CT molecular complexity index is 1380. The third-order valence-electron chi connectivity index (χ3n) is 7.60. The highest BCUT2D eigenvalue weighted by atomic mass is 35.5. The smallest absolute Gasteiger partial charge is 0.269 e. The van der Waals surface area contributed by atoms with Crippen molar-refractivity contribution in [1.82, 2.24) is 5.32 Å². The van der Waals surface area contributed by atoms with E-state index in [4.69, 9.17) is 21.1 Å². The quantitative estimate of drug-likeness (QED) is 0.326. The van der Waals surface area contributed by atoms with Crippen molar-refractivity contribution in [2.75, 3.05) is 50.2 Å². The Hall–Kier alpha value is -3.98. The van der Waals surface area contributed by atoms with Crippen LogP contribution in [0.3, 0.4) is 0 Å². The molecule has 1 fully saturated rings. The fraction of sp³-hybridized carbons (Fsp3) is 0.345. The normalized spacial score (nSPS) is 18.1. The number of benzene rings is 3. The summed E-state index contributed by atoms with van der Waals surface area (Å²) in [6.45, 7) is 2.47. The Balaban J connectivity index is 1.36. The van der Waals surface area contributed by atoms with E-state index in [1.54, 1.807) is 26.4 Å². The number of fused-ring (bicyclic) bond motifs is 3. The summed E-state index contributed by atoms with van der Waals surface area (Å²) in [5, 5.41) is 15.2. The molecule has 0 aliphatic carbocycles. The Morgan fingerprint density at radius 1 is 1.05 bits per heavy atom. The van der Waals surface area contributed by atoms with Crippen LogP contribution in [0.1, 0.15) is 11.1 Å². The number of amides is 1. The predicted molar refractivity (Wildman–Crippen MR) is 151 cm³/mol. The summed E-state index contributed by atoms with van der Waals surface area (Å²) < 4.78 is 10.7. The third kappa shape index (κ3) is 5.45. The van der Waals surface area contributed by atoms with Crippen molar-refractivity contribution in [3.8, 4) is 11.5 Å². The Morgan fingerprint density at radius 2 is 1.85 bits per heavy atom. The zero-order valence-corrected chi connectivity index (χ0v) is 22.7. The van der Waals surface area contributed by atoms with Crippen LogP contribution < -0.4 is 24.6 Å². The first-order valence-corrected chi connectivity index (χ1v) is 13.3. The molecule has 2 aliphatic rings. The fourth-order valence-corrected chi connectivity index (χ4v) is 5.90. The molecule has 2 heterocycles. The minimum Gasteiger partial charge on any atom is -0.493 e. The summed E-state index contributed by atoms with van der Waals surface area (Å²) in [5.41, 5.74) is 3.78. The second-order valence-corrected chi connectivity index (χ2v) is 10.2. The van der Waals surface area contributed by atoms with Crippen molar-refractivity contribution in [3.63, 3.8) is 0 Å². The van der Waals surface area contributed by atoms with Crippen LogP contribution in [0.25, 0.3) is 0 Å². The number of nitrogens with zero attached hydrogens (tertiary/aromatic N) is 3. The number of carbonyl (C=O) groups is 1. The Morgan fingerprint density at radius 3 is 2.59 bits per heavy atom. The molecule has 39 heavy (non-hydrogen) atoms. The lowest BCUT2D eigenvalue weighted by Crippen LogP contribution is -2.61. The van der Waals surface area contributed by atoms with Crippen molar-refractivity contribution in [3.05, 3.63) is 86.9 Å². The average Bonchev–Trinajstić information content (AvgIpc) is 2.96. The van der Waals surface area contributed by atoms with Gasteiger partial charge in [-0.2, -0.15) is 0 Å². The highest BCUT2D eigenvalue weighted by Crippen LogP contribution is 2.39. The highest BCUT2D eigenvalue weighted by molar-refractivity contribution is 6.33. The van der Waals surface area contributed by atoms with Gasteiger partial charge >= 0.3 is 0 Å². The van der Waals surface area contributed by atoms with Gasteiger partial charge in [-0.1, -0.05) is 29.8 Å². The van der Waals surface area contributed by atoms with Crippen molar-refractivity contribution >= 4 is 34.6 Å². The summed E-state index contributed by atoms with van der Waals surface area (Å²) in [4.78, 5) is 29.2. The molecule has 10 heteroatoms. The number of nitro benzene ring substituents is 1. The van der Waals surface area contributed by atoms with E-state index in [1.807, 2.05) is 48.5 Å². The molecule has 0 bridgehead atoms. The number of para-hydroxylation sites is 1. The zero-order chi connectivity index (χ0) is 27.5. The van der Waals surface area contributed by atoms with Crippen LogP contribution in [-0.2, 0) is 17.6 Å². The summed E-state index contributed by atoms with van der Waals surface area (Å²) in [6.07, 6.45) is 1.05. The molecule has 2 aliphatic heterocycles. The molecule has 204 valence electrons. The number of nitro groups is 1. The molecule has 1 N–H and O–H groups in total. The lowest BCUT2D eigenvalue weighted by atomic mass is 9.83.